The summed E-state index contributed by atoms with van der Waals surface area (Å²) in [5.74, 6) is -0.0332. The zero-order valence-corrected chi connectivity index (χ0v) is 7.57. The van der Waals surface area contributed by atoms with E-state index < -0.39 is 9.84 Å². The second-order valence-electron chi connectivity index (χ2n) is 2.41. The molecule has 0 aromatic rings. The second kappa shape index (κ2) is 4.33. The smallest absolute Gasteiger partial charge is 0.219 e. The lowest BCUT2D eigenvalue weighted by molar-refractivity contribution is -0.120. The Morgan fingerprint density at radius 3 is 2.36 bits per heavy atom. The molecule has 11 heavy (non-hydrogen) atoms. The quantitative estimate of drug-likeness (QED) is 0.636. The Hall–Kier alpha value is -0.580. The number of nitrogens with one attached hydrogen (secondary N) is 1. The van der Waals surface area contributed by atoms with Crippen LogP contribution in [0, 0.1) is 0 Å². The Bertz CT molecular complexity index is 220. The average Bonchev–Trinajstić information content (AvgIpc) is 1.85. The van der Waals surface area contributed by atoms with Gasteiger partial charge in [0.2, 0.25) is 5.91 Å². The molecular weight excluding hydrogens is 166 g/mol. The second-order valence-corrected chi connectivity index (χ2v) is 4.67. The summed E-state index contributed by atoms with van der Waals surface area (Å²) in [6, 6.07) is 0. The van der Waals surface area contributed by atoms with Gasteiger partial charge in [0, 0.05) is 19.7 Å². The normalized spacial score (nSPS) is 11.1. The standard InChI is InChI=1S/C6H13NO3S/c1-7-6(8)4-3-5-11(2,9)10/h3-5H2,1-2H3,(H,7,8). The summed E-state index contributed by atoms with van der Waals surface area (Å²) >= 11 is 0. The molecule has 0 aliphatic rings. The Kier molecular flexibility index (Phi) is 4.10. The molecule has 0 saturated carbocycles. The molecule has 0 atom stereocenters. The van der Waals surface area contributed by atoms with E-state index in [1.807, 2.05) is 0 Å². The lowest BCUT2D eigenvalue weighted by Crippen LogP contribution is -2.18. The Morgan fingerprint density at radius 2 is 2.00 bits per heavy atom. The number of carbonyl (C=O) groups is 1. The summed E-state index contributed by atoms with van der Waals surface area (Å²) < 4.78 is 21.1. The molecule has 1 N–H and O–H groups in total. The molecule has 0 fully saturated rings. The third kappa shape index (κ3) is 7.32. The van der Waals surface area contributed by atoms with Crippen molar-refractivity contribution in [2.45, 2.75) is 12.8 Å². The van der Waals surface area contributed by atoms with Gasteiger partial charge in [-0.2, -0.15) is 0 Å². The van der Waals surface area contributed by atoms with E-state index in [0.717, 1.165) is 6.26 Å². The van der Waals surface area contributed by atoms with E-state index in [1.54, 1.807) is 0 Å². The van der Waals surface area contributed by atoms with Crippen LogP contribution in [0.4, 0.5) is 0 Å². The van der Waals surface area contributed by atoms with Crippen molar-refractivity contribution in [2.75, 3.05) is 19.1 Å². The number of hydrogen-bond acceptors (Lipinski definition) is 3. The van der Waals surface area contributed by atoms with Crippen molar-refractivity contribution in [1.29, 1.82) is 0 Å². The van der Waals surface area contributed by atoms with Gasteiger partial charge in [0.25, 0.3) is 0 Å². The highest BCUT2D eigenvalue weighted by Gasteiger charge is 2.03. The SMILES string of the molecule is CNC(=O)CCCS(C)(=O)=O. The van der Waals surface area contributed by atoms with Crippen LogP contribution in [0.15, 0.2) is 0 Å². The van der Waals surface area contributed by atoms with Crippen molar-refractivity contribution in [3.05, 3.63) is 0 Å². The van der Waals surface area contributed by atoms with Gasteiger partial charge in [-0.3, -0.25) is 4.79 Å². The minimum absolute atomic E-state index is 0.0837. The first-order valence-electron chi connectivity index (χ1n) is 3.34. The van der Waals surface area contributed by atoms with Crippen LogP contribution in [-0.4, -0.2) is 33.4 Å². The van der Waals surface area contributed by atoms with Crippen LogP contribution in [0.2, 0.25) is 0 Å². The van der Waals surface area contributed by atoms with Crippen LogP contribution < -0.4 is 5.32 Å². The van der Waals surface area contributed by atoms with Crippen LogP contribution in [0.25, 0.3) is 0 Å². The summed E-state index contributed by atoms with van der Waals surface area (Å²) in [6.45, 7) is 0. The molecule has 0 radical (unpaired) electrons. The Balaban J connectivity index is 3.51. The van der Waals surface area contributed by atoms with Crippen LogP contribution >= 0.6 is 0 Å². The summed E-state index contributed by atoms with van der Waals surface area (Å²) in [4.78, 5) is 10.6. The Morgan fingerprint density at radius 1 is 1.45 bits per heavy atom. The van der Waals surface area contributed by atoms with Gasteiger partial charge in [0.1, 0.15) is 9.84 Å². The molecule has 0 heterocycles. The van der Waals surface area contributed by atoms with E-state index in [4.69, 9.17) is 0 Å². The number of hydrogen-bond donors (Lipinski definition) is 1. The fraction of sp³-hybridized carbons (Fsp3) is 0.833. The van der Waals surface area contributed by atoms with Gasteiger partial charge in [-0.1, -0.05) is 0 Å². The average molecular weight is 179 g/mol. The van der Waals surface area contributed by atoms with Crippen LogP contribution in [0.5, 0.6) is 0 Å². The molecular formula is C6H13NO3S. The summed E-state index contributed by atoms with van der Waals surface area (Å²) in [5, 5.41) is 2.42. The number of carbonyl (C=O) groups excluding carboxylic acids is 1. The van der Waals surface area contributed by atoms with Gasteiger partial charge in [0.05, 0.1) is 5.75 Å². The minimum Gasteiger partial charge on any atom is -0.359 e. The monoisotopic (exact) mass is 179 g/mol. The fourth-order valence-corrected chi connectivity index (χ4v) is 1.29. The predicted octanol–water partition coefficient (Wildman–Crippen LogP) is -0.443. The van der Waals surface area contributed by atoms with Gasteiger partial charge in [0.15, 0.2) is 0 Å². The van der Waals surface area contributed by atoms with E-state index in [0.29, 0.717) is 6.42 Å². The van der Waals surface area contributed by atoms with E-state index in [-0.39, 0.29) is 18.1 Å². The molecule has 1 amide bonds. The lowest BCUT2D eigenvalue weighted by atomic mass is 10.3. The van der Waals surface area contributed by atoms with Crippen molar-refractivity contribution in [2.24, 2.45) is 0 Å². The first kappa shape index (κ1) is 10.4. The van der Waals surface area contributed by atoms with E-state index in [2.05, 4.69) is 5.32 Å². The topological polar surface area (TPSA) is 63.2 Å². The van der Waals surface area contributed by atoms with Crippen LogP contribution in [0.1, 0.15) is 12.8 Å². The summed E-state index contributed by atoms with van der Waals surface area (Å²) in [5.41, 5.74) is 0. The molecule has 5 heteroatoms. The molecule has 4 nitrogen and oxygen atoms in total. The highest BCUT2D eigenvalue weighted by Crippen LogP contribution is 1.93. The molecule has 0 aromatic heterocycles. The molecule has 0 rings (SSSR count). The van der Waals surface area contributed by atoms with Crippen molar-refractivity contribution in [3.63, 3.8) is 0 Å². The lowest BCUT2D eigenvalue weighted by Gasteiger charge is -1.97. The number of sulfone groups is 1. The van der Waals surface area contributed by atoms with Gasteiger partial charge in [-0.15, -0.1) is 0 Å². The molecule has 0 unspecified atom stereocenters. The summed E-state index contributed by atoms with van der Waals surface area (Å²) in [7, 11) is -1.38. The van der Waals surface area contributed by atoms with Crippen LogP contribution in [0.3, 0.4) is 0 Å². The Labute approximate surface area is 66.9 Å². The van der Waals surface area contributed by atoms with Crippen LogP contribution in [-0.2, 0) is 14.6 Å². The van der Waals surface area contributed by atoms with Gasteiger partial charge in [-0.05, 0) is 6.42 Å². The maximum absolute atomic E-state index is 10.6. The number of rotatable bonds is 4. The van der Waals surface area contributed by atoms with Crippen molar-refractivity contribution >= 4 is 15.7 Å². The molecule has 0 bridgehead atoms. The van der Waals surface area contributed by atoms with Gasteiger partial charge < -0.3 is 5.32 Å². The van der Waals surface area contributed by atoms with E-state index in [9.17, 15) is 13.2 Å². The first-order valence-corrected chi connectivity index (χ1v) is 5.40. The molecule has 0 aromatic carbocycles. The summed E-state index contributed by atoms with van der Waals surface area (Å²) in [6.07, 6.45) is 1.85. The van der Waals surface area contributed by atoms with Gasteiger partial charge in [-0.25, -0.2) is 8.42 Å². The predicted molar refractivity (Wildman–Crippen MR) is 43.0 cm³/mol. The third-order valence-electron chi connectivity index (χ3n) is 1.20. The molecule has 66 valence electrons. The van der Waals surface area contributed by atoms with Gasteiger partial charge >= 0.3 is 0 Å². The first-order chi connectivity index (χ1) is 4.95. The van der Waals surface area contributed by atoms with Crippen molar-refractivity contribution < 1.29 is 13.2 Å². The largest absolute Gasteiger partial charge is 0.359 e. The van der Waals surface area contributed by atoms with E-state index in [1.165, 1.54) is 7.05 Å². The molecule has 0 saturated heterocycles. The minimum atomic E-state index is -2.91. The number of amides is 1. The van der Waals surface area contributed by atoms with E-state index >= 15 is 0 Å². The van der Waals surface area contributed by atoms with Crippen molar-refractivity contribution in [1.82, 2.24) is 5.32 Å². The highest BCUT2D eigenvalue weighted by molar-refractivity contribution is 7.90. The molecule has 0 spiro atoms. The highest BCUT2D eigenvalue weighted by atomic mass is 32.2. The molecule has 0 aliphatic carbocycles. The molecule has 0 aliphatic heterocycles. The fourth-order valence-electron chi connectivity index (χ4n) is 0.620. The maximum Gasteiger partial charge on any atom is 0.219 e. The zero-order valence-electron chi connectivity index (χ0n) is 6.75. The van der Waals surface area contributed by atoms with Crippen molar-refractivity contribution in [3.8, 4) is 0 Å². The third-order valence-corrected chi connectivity index (χ3v) is 2.23. The maximum atomic E-state index is 10.6. The zero-order chi connectivity index (χ0) is 8.91.